The molecule has 3 heterocycles. The van der Waals surface area contributed by atoms with E-state index in [4.69, 9.17) is 4.74 Å². The van der Waals surface area contributed by atoms with Gasteiger partial charge in [0, 0.05) is 54.7 Å². The van der Waals surface area contributed by atoms with E-state index < -0.39 is 0 Å². The van der Waals surface area contributed by atoms with E-state index in [9.17, 15) is 4.79 Å². The predicted molar refractivity (Wildman–Crippen MR) is 125 cm³/mol. The van der Waals surface area contributed by atoms with Gasteiger partial charge in [-0.25, -0.2) is 4.68 Å². The van der Waals surface area contributed by atoms with E-state index in [2.05, 4.69) is 38.2 Å². The lowest BCUT2D eigenvalue weighted by Gasteiger charge is -2.26. The van der Waals surface area contributed by atoms with Gasteiger partial charge in [-0.1, -0.05) is 18.2 Å². The number of anilines is 1. The number of rotatable bonds is 6. The van der Waals surface area contributed by atoms with Crippen LogP contribution >= 0.6 is 0 Å². The number of carbonyl (C=O) groups is 1. The van der Waals surface area contributed by atoms with Crippen LogP contribution in [0.15, 0.2) is 66.9 Å². The summed E-state index contributed by atoms with van der Waals surface area (Å²) in [6.07, 6.45) is 2.11. The maximum Gasteiger partial charge on any atom is 0.276 e. The Morgan fingerprint density at radius 3 is 2.66 bits per heavy atom. The van der Waals surface area contributed by atoms with Crippen molar-refractivity contribution < 1.29 is 9.53 Å². The molecule has 1 N–H and O–H groups in total. The van der Waals surface area contributed by atoms with E-state index >= 15 is 0 Å². The summed E-state index contributed by atoms with van der Waals surface area (Å²) in [5, 5.41) is 8.59. The Kier molecular flexibility index (Phi) is 5.75. The van der Waals surface area contributed by atoms with Crippen molar-refractivity contribution in [2.24, 2.45) is 0 Å². The number of carbonyl (C=O) groups excluding carboxylic acids is 1. The van der Waals surface area contributed by atoms with Gasteiger partial charge in [0.25, 0.3) is 5.91 Å². The van der Waals surface area contributed by atoms with Gasteiger partial charge in [0.1, 0.15) is 0 Å². The molecule has 4 aromatic rings. The zero-order valence-electron chi connectivity index (χ0n) is 18.2. The first-order valence-electron chi connectivity index (χ1n) is 11.0. The molecule has 0 bridgehead atoms. The van der Waals surface area contributed by atoms with Crippen LogP contribution in [0.4, 0.5) is 5.69 Å². The van der Waals surface area contributed by atoms with Gasteiger partial charge in [-0.05, 0) is 49.4 Å². The van der Waals surface area contributed by atoms with Crippen molar-refractivity contribution in [2.45, 2.75) is 13.5 Å². The van der Waals surface area contributed by atoms with Crippen LogP contribution < -0.4 is 5.32 Å². The molecule has 7 heteroatoms. The highest BCUT2D eigenvalue weighted by atomic mass is 16.5. The van der Waals surface area contributed by atoms with Crippen LogP contribution in [0.5, 0.6) is 0 Å². The standard InChI is InChI=1S/C25H27N5O2/c1-19-17-23(27-30(19)22-5-3-2-4-6-22)25(31)26-21-7-8-24-20(18-21)9-10-29(24)12-11-28-13-15-32-16-14-28/h2-10,17-18H,11-16H2,1H3,(H,26,31). The Balaban J connectivity index is 1.28. The predicted octanol–water partition coefficient (Wildman–Crippen LogP) is 3.72. The van der Waals surface area contributed by atoms with Gasteiger partial charge in [0.15, 0.2) is 5.69 Å². The summed E-state index contributed by atoms with van der Waals surface area (Å²) in [7, 11) is 0. The lowest BCUT2D eigenvalue weighted by atomic mass is 10.2. The van der Waals surface area contributed by atoms with Gasteiger partial charge >= 0.3 is 0 Å². The van der Waals surface area contributed by atoms with Crippen molar-refractivity contribution in [3.8, 4) is 5.69 Å². The average Bonchev–Trinajstić information content (AvgIpc) is 3.42. The first kappa shape index (κ1) is 20.5. The summed E-state index contributed by atoms with van der Waals surface area (Å²) in [4.78, 5) is 15.3. The molecule has 0 aliphatic carbocycles. The minimum Gasteiger partial charge on any atom is -0.379 e. The van der Waals surface area contributed by atoms with Crippen LogP contribution in [0.3, 0.4) is 0 Å². The van der Waals surface area contributed by atoms with Crippen molar-refractivity contribution in [2.75, 3.05) is 38.2 Å². The highest BCUT2D eigenvalue weighted by molar-refractivity contribution is 6.04. The van der Waals surface area contributed by atoms with E-state index in [1.54, 1.807) is 4.68 Å². The molecular weight excluding hydrogens is 402 g/mol. The van der Waals surface area contributed by atoms with Crippen LogP contribution in [0.2, 0.25) is 0 Å². The van der Waals surface area contributed by atoms with Crippen LogP contribution in [-0.4, -0.2) is 58.0 Å². The van der Waals surface area contributed by atoms with Crippen LogP contribution in [0.1, 0.15) is 16.2 Å². The minimum atomic E-state index is -0.214. The Labute approximate surface area is 187 Å². The lowest BCUT2D eigenvalue weighted by Crippen LogP contribution is -2.38. The molecule has 0 spiro atoms. The molecule has 0 saturated carbocycles. The molecule has 0 atom stereocenters. The number of aromatic nitrogens is 3. The van der Waals surface area contributed by atoms with Gasteiger partial charge in [0.05, 0.1) is 18.9 Å². The molecule has 2 aromatic carbocycles. The van der Waals surface area contributed by atoms with Gasteiger partial charge < -0.3 is 14.6 Å². The highest BCUT2D eigenvalue weighted by Crippen LogP contribution is 2.22. The van der Waals surface area contributed by atoms with Crippen LogP contribution in [-0.2, 0) is 11.3 Å². The number of morpholine rings is 1. The maximum atomic E-state index is 12.8. The van der Waals surface area contributed by atoms with E-state index in [1.165, 1.54) is 5.52 Å². The zero-order chi connectivity index (χ0) is 21.9. The summed E-state index contributed by atoms with van der Waals surface area (Å²) in [6.45, 7) is 7.52. The number of fused-ring (bicyclic) bond motifs is 1. The SMILES string of the molecule is Cc1cc(C(=O)Nc2ccc3c(ccn3CCN3CCOCC3)c2)nn1-c1ccccc1. The average molecular weight is 430 g/mol. The summed E-state index contributed by atoms with van der Waals surface area (Å²) in [5.41, 5.74) is 4.17. The fraction of sp³-hybridized carbons (Fsp3) is 0.280. The second-order valence-corrected chi connectivity index (χ2v) is 8.11. The molecular formula is C25H27N5O2. The number of aryl methyl sites for hydroxylation is 1. The smallest absolute Gasteiger partial charge is 0.276 e. The van der Waals surface area contributed by atoms with E-state index in [1.807, 2.05) is 55.5 Å². The molecule has 1 aliphatic rings. The van der Waals surface area contributed by atoms with Crippen LogP contribution in [0.25, 0.3) is 16.6 Å². The number of nitrogens with one attached hydrogen (secondary N) is 1. The third-order valence-corrected chi connectivity index (χ3v) is 5.91. The second-order valence-electron chi connectivity index (χ2n) is 8.11. The Hall–Kier alpha value is -3.42. The van der Waals surface area contributed by atoms with Gasteiger partial charge in [-0.2, -0.15) is 5.10 Å². The van der Waals surface area contributed by atoms with Gasteiger partial charge in [-0.3, -0.25) is 9.69 Å². The normalized spacial score (nSPS) is 14.7. The fourth-order valence-corrected chi connectivity index (χ4v) is 4.16. The molecule has 7 nitrogen and oxygen atoms in total. The molecule has 1 aliphatic heterocycles. The summed E-state index contributed by atoms with van der Waals surface area (Å²) in [6, 6.07) is 19.8. The third-order valence-electron chi connectivity index (χ3n) is 5.91. The van der Waals surface area contributed by atoms with Crippen LogP contribution in [0, 0.1) is 6.92 Å². The van der Waals surface area contributed by atoms with Crippen molar-refractivity contribution >= 4 is 22.5 Å². The second kappa shape index (κ2) is 8.98. The number of nitrogens with zero attached hydrogens (tertiary/aromatic N) is 4. The van der Waals surface area contributed by atoms with E-state index in [-0.39, 0.29) is 5.91 Å². The van der Waals surface area contributed by atoms with E-state index in [0.29, 0.717) is 5.69 Å². The minimum absolute atomic E-state index is 0.214. The largest absolute Gasteiger partial charge is 0.379 e. The Bertz CT molecular complexity index is 1220. The molecule has 0 unspecified atom stereocenters. The topological polar surface area (TPSA) is 64.3 Å². The first-order valence-corrected chi connectivity index (χ1v) is 11.0. The number of ether oxygens (including phenoxy) is 1. The molecule has 1 fully saturated rings. The van der Waals surface area contributed by atoms with Crippen molar-refractivity contribution in [3.63, 3.8) is 0 Å². The quantitative estimate of drug-likeness (QED) is 0.507. The number of hydrogen-bond acceptors (Lipinski definition) is 4. The highest BCUT2D eigenvalue weighted by Gasteiger charge is 2.15. The molecule has 0 radical (unpaired) electrons. The lowest BCUT2D eigenvalue weighted by molar-refractivity contribution is 0.0365. The Morgan fingerprint density at radius 2 is 1.84 bits per heavy atom. The first-order chi connectivity index (χ1) is 15.7. The fourth-order valence-electron chi connectivity index (χ4n) is 4.16. The molecule has 1 amide bonds. The summed E-state index contributed by atoms with van der Waals surface area (Å²) >= 11 is 0. The zero-order valence-corrected chi connectivity index (χ0v) is 18.2. The number of benzene rings is 2. The number of amides is 1. The van der Waals surface area contributed by atoms with Gasteiger partial charge in [-0.15, -0.1) is 0 Å². The van der Waals surface area contributed by atoms with Gasteiger partial charge in [0.2, 0.25) is 0 Å². The van der Waals surface area contributed by atoms with Crippen molar-refractivity contribution in [1.29, 1.82) is 0 Å². The number of para-hydroxylation sites is 1. The molecule has 32 heavy (non-hydrogen) atoms. The number of hydrogen-bond donors (Lipinski definition) is 1. The van der Waals surface area contributed by atoms with E-state index in [0.717, 1.165) is 61.8 Å². The van der Waals surface area contributed by atoms with Crippen molar-refractivity contribution in [3.05, 3.63) is 78.2 Å². The van der Waals surface area contributed by atoms with Crippen molar-refractivity contribution in [1.82, 2.24) is 19.2 Å². The molecule has 5 rings (SSSR count). The summed E-state index contributed by atoms with van der Waals surface area (Å²) < 4.78 is 9.47. The maximum absolute atomic E-state index is 12.8. The molecule has 2 aromatic heterocycles. The Morgan fingerprint density at radius 1 is 1.03 bits per heavy atom. The monoisotopic (exact) mass is 429 g/mol. The summed E-state index contributed by atoms with van der Waals surface area (Å²) in [5.74, 6) is -0.214. The third kappa shape index (κ3) is 4.30. The molecule has 1 saturated heterocycles. The molecule has 164 valence electrons.